The van der Waals surface area contributed by atoms with Gasteiger partial charge in [0.15, 0.2) is 5.75 Å². The van der Waals surface area contributed by atoms with Crippen molar-refractivity contribution in [2.24, 2.45) is 0 Å². The van der Waals surface area contributed by atoms with E-state index in [1.165, 1.54) is 6.07 Å². The van der Waals surface area contributed by atoms with Crippen LogP contribution in [0.1, 0.15) is 25.0 Å². The highest BCUT2D eigenvalue weighted by atomic mass is 79.9. The van der Waals surface area contributed by atoms with Gasteiger partial charge in [-0.3, -0.25) is 0 Å². The third-order valence-electron chi connectivity index (χ3n) is 3.72. The number of fused-ring (bicyclic) bond motifs is 5. The van der Waals surface area contributed by atoms with E-state index in [-0.39, 0.29) is 5.56 Å². The Kier molecular flexibility index (Phi) is 3.07. The van der Waals surface area contributed by atoms with Gasteiger partial charge in [-0.25, -0.2) is 0 Å². The Morgan fingerprint density at radius 3 is 2.36 bits per heavy atom. The average Bonchev–Trinajstić information content (AvgIpc) is 2.74. The van der Waals surface area contributed by atoms with E-state index in [9.17, 15) is 21.6 Å². The first kappa shape index (κ1) is 15.8. The van der Waals surface area contributed by atoms with E-state index in [2.05, 4.69) is 20.1 Å². The fraction of sp³-hybridized carbons (Fsp3) is 0.385. The Bertz CT molecular complexity index is 802. The quantitative estimate of drug-likeness (QED) is 0.432. The van der Waals surface area contributed by atoms with Gasteiger partial charge in [-0.15, -0.1) is 0 Å². The van der Waals surface area contributed by atoms with Crippen molar-refractivity contribution in [2.45, 2.75) is 30.6 Å². The van der Waals surface area contributed by atoms with Crippen LogP contribution in [0.5, 0.6) is 5.75 Å². The first-order chi connectivity index (χ1) is 9.88. The summed E-state index contributed by atoms with van der Waals surface area (Å²) in [7, 11) is -5.75. The van der Waals surface area contributed by atoms with Crippen molar-refractivity contribution in [1.82, 2.24) is 0 Å². The Labute approximate surface area is 133 Å². The van der Waals surface area contributed by atoms with Gasteiger partial charge in [-0.2, -0.15) is 21.6 Å². The summed E-state index contributed by atoms with van der Waals surface area (Å²) in [5, 5.41) is 0. The van der Waals surface area contributed by atoms with E-state index >= 15 is 0 Å². The maximum Gasteiger partial charge on any atom is 0.534 e. The van der Waals surface area contributed by atoms with Crippen LogP contribution in [0.25, 0.3) is 0 Å². The molecule has 0 aliphatic carbocycles. The molecule has 120 valence electrons. The first-order valence-corrected chi connectivity index (χ1v) is 8.34. The van der Waals surface area contributed by atoms with E-state index < -0.39 is 32.6 Å². The van der Waals surface area contributed by atoms with Crippen LogP contribution in [0.2, 0.25) is 0 Å². The van der Waals surface area contributed by atoms with Gasteiger partial charge in [0, 0.05) is 10.0 Å². The Morgan fingerprint density at radius 1 is 1.18 bits per heavy atom. The molecule has 9 heteroatoms. The lowest BCUT2D eigenvalue weighted by Gasteiger charge is -2.22. The van der Waals surface area contributed by atoms with Crippen molar-refractivity contribution in [3.05, 3.63) is 39.9 Å². The molecule has 0 aromatic heterocycles. The molecule has 22 heavy (non-hydrogen) atoms. The van der Waals surface area contributed by atoms with Gasteiger partial charge in [0.1, 0.15) is 11.2 Å². The number of hydrogen-bond donors (Lipinski definition) is 0. The summed E-state index contributed by atoms with van der Waals surface area (Å²) in [6.45, 7) is 3.39. The van der Waals surface area contributed by atoms with Crippen LogP contribution in [0, 0.1) is 0 Å². The number of rotatable bonds is 2. The lowest BCUT2D eigenvalue weighted by molar-refractivity contribution is -0.0527. The molecular formula is C13H10BrF3O4S. The second-order valence-electron chi connectivity index (χ2n) is 5.46. The molecule has 2 aliphatic heterocycles. The molecule has 2 heterocycles. The van der Waals surface area contributed by atoms with Crippen molar-refractivity contribution in [1.29, 1.82) is 0 Å². The fourth-order valence-electron chi connectivity index (χ4n) is 2.82. The zero-order valence-corrected chi connectivity index (χ0v) is 13.8. The van der Waals surface area contributed by atoms with Crippen molar-refractivity contribution in [2.75, 3.05) is 0 Å². The van der Waals surface area contributed by atoms with Crippen LogP contribution in [-0.4, -0.2) is 13.9 Å². The van der Waals surface area contributed by atoms with Gasteiger partial charge >= 0.3 is 15.6 Å². The molecule has 0 saturated carbocycles. The van der Waals surface area contributed by atoms with Crippen LogP contribution in [0.15, 0.2) is 28.8 Å². The second-order valence-corrected chi connectivity index (χ2v) is 7.91. The summed E-state index contributed by atoms with van der Waals surface area (Å²) in [5.74, 6) is -0.391. The molecule has 0 N–H and O–H groups in total. The molecular weight excluding hydrogens is 389 g/mol. The lowest BCUT2D eigenvalue weighted by atomic mass is 9.83. The minimum absolute atomic E-state index is 0.286. The molecule has 0 fully saturated rings. The van der Waals surface area contributed by atoms with Crippen molar-refractivity contribution >= 4 is 26.0 Å². The second kappa shape index (κ2) is 4.27. The Hall–Kier alpha value is -1.06. The number of alkyl halides is 3. The first-order valence-electron chi connectivity index (χ1n) is 6.14. The minimum atomic E-state index is -5.75. The zero-order chi connectivity index (χ0) is 16.6. The van der Waals surface area contributed by atoms with E-state index in [0.717, 1.165) is 0 Å². The molecule has 2 atom stereocenters. The van der Waals surface area contributed by atoms with Gasteiger partial charge in [0.2, 0.25) is 0 Å². The molecule has 3 rings (SSSR count). The SMILES string of the molecule is CC12C=CC(C)(O1)c1c(OS(=O)(=O)C(F)(F)F)cc(Br)cc12. The van der Waals surface area contributed by atoms with Gasteiger partial charge in [-0.1, -0.05) is 15.9 Å². The highest BCUT2D eigenvalue weighted by Crippen LogP contribution is 2.57. The molecule has 0 amide bonds. The molecule has 1 aromatic rings. The highest BCUT2D eigenvalue weighted by Gasteiger charge is 2.54. The largest absolute Gasteiger partial charge is 0.534 e. The highest BCUT2D eigenvalue weighted by molar-refractivity contribution is 9.10. The van der Waals surface area contributed by atoms with Crippen LogP contribution >= 0.6 is 15.9 Å². The summed E-state index contributed by atoms with van der Waals surface area (Å²) < 4.78 is 70.9. The van der Waals surface area contributed by atoms with Gasteiger partial charge in [-0.05, 0) is 43.7 Å². The summed E-state index contributed by atoms with van der Waals surface area (Å²) in [5.41, 5.74) is -6.50. The average molecular weight is 399 g/mol. The number of ether oxygens (including phenoxy) is 1. The van der Waals surface area contributed by atoms with Gasteiger partial charge < -0.3 is 8.92 Å². The molecule has 1 aromatic carbocycles. The summed E-state index contributed by atoms with van der Waals surface area (Å²) in [4.78, 5) is 0. The third-order valence-corrected chi connectivity index (χ3v) is 5.15. The van der Waals surface area contributed by atoms with Crippen LogP contribution in [-0.2, 0) is 26.1 Å². The van der Waals surface area contributed by atoms with Crippen molar-refractivity contribution < 1.29 is 30.5 Å². The summed E-state index contributed by atoms with van der Waals surface area (Å²) in [6.07, 6.45) is 3.46. The smallest absolute Gasteiger partial charge is 0.376 e. The van der Waals surface area contributed by atoms with Gasteiger partial charge in [0.25, 0.3) is 0 Å². The number of halogens is 4. The molecule has 2 unspecified atom stereocenters. The fourth-order valence-corrected chi connectivity index (χ4v) is 3.72. The zero-order valence-electron chi connectivity index (χ0n) is 11.4. The molecule has 0 saturated heterocycles. The third kappa shape index (κ3) is 2.10. The molecule has 0 spiro atoms. The molecule has 4 nitrogen and oxygen atoms in total. The molecule has 0 radical (unpaired) electrons. The standard InChI is InChI=1S/C13H10BrF3O4S/c1-11-3-4-12(2,21-11)10-8(11)5-7(14)6-9(10)20-22(18,19)13(15,16)17/h3-6H,1-2H3. The minimum Gasteiger partial charge on any atom is -0.376 e. The van der Waals surface area contributed by atoms with Crippen molar-refractivity contribution in [3.63, 3.8) is 0 Å². The van der Waals surface area contributed by atoms with Crippen LogP contribution in [0.3, 0.4) is 0 Å². The predicted molar refractivity (Wildman–Crippen MR) is 74.7 cm³/mol. The number of benzene rings is 1. The maximum atomic E-state index is 12.6. The van der Waals surface area contributed by atoms with Crippen molar-refractivity contribution in [3.8, 4) is 5.75 Å². The topological polar surface area (TPSA) is 52.6 Å². The monoisotopic (exact) mass is 398 g/mol. The van der Waals surface area contributed by atoms with Gasteiger partial charge in [0.05, 0.1) is 0 Å². The van der Waals surface area contributed by atoms with Crippen LogP contribution in [0.4, 0.5) is 13.2 Å². The van der Waals surface area contributed by atoms with E-state index in [1.54, 1.807) is 32.1 Å². The van der Waals surface area contributed by atoms with E-state index in [1.807, 2.05) is 0 Å². The Morgan fingerprint density at radius 2 is 1.77 bits per heavy atom. The number of hydrogen-bond acceptors (Lipinski definition) is 4. The Balaban J connectivity index is 2.18. The maximum absolute atomic E-state index is 12.6. The lowest BCUT2D eigenvalue weighted by Crippen LogP contribution is -2.29. The molecule has 2 aliphatic rings. The normalized spacial score (nSPS) is 29.7. The van der Waals surface area contributed by atoms with E-state index in [0.29, 0.717) is 10.0 Å². The summed E-state index contributed by atoms with van der Waals surface area (Å²) in [6, 6.07) is 2.87. The van der Waals surface area contributed by atoms with E-state index in [4.69, 9.17) is 4.74 Å². The van der Waals surface area contributed by atoms with Crippen LogP contribution < -0.4 is 4.18 Å². The molecule has 2 bridgehead atoms. The summed E-state index contributed by atoms with van der Waals surface area (Å²) >= 11 is 3.15. The predicted octanol–water partition coefficient (Wildman–Crippen LogP) is 3.71.